The first-order valence-electron chi connectivity index (χ1n) is 6.17. The number of ether oxygens (including phenoxy) is 1. The molecule has 1 aromatic rings. The van der Waals surface area contributed by atoms with Gasteiger partial charge in [0.2, 0.25) is 0 Å². The fourth-order valence-electron chi connectivity index (χ4n) is 2.33. The summed E-state index contributed by atoms with van der Waals surface area (Å²) in [4.78, 5) is 0. The molecule has 0 saturated carbocycles. The molecule has 2 rings (SSSR count). The highest BCUT2D eigenvalue weighted by atomic mass is 16.5. The predicted octanol–water partition coefficient (Wildman–Crippen LogP) is 3.80. The Morgan fingerprint density at radius 1 is 1.25 bits per heavy atom. The zero-order valence-electron chi connectivity index (χ0n) is 10.8. The Morgan fingerprint density at radius 3 is 2.56 bits per heavy atom. The molecular weight excluding hydrogens is 196 g/mol. The monoisotopic (exact) mass is 218 g/mol. The lowest BCUT2D eigenvalue weighted by Crippen LogP contribution is -2.12. The molecule has 0 radical (unpaired) electrons. The van der Waals surface area contributed by atoms with E-state index in [2.05, 4.69) is 45.9 Å². The Morgan fingerprint density at radius 2 is 2.00 bits per heavy atom. The number of hydrogen-bond acceptors (Lipinski definition) is 1. The third-order valence-corrected chi connectivity index (χ3v) is 3.51. The van der Waals surface area contributed by atoms with Crippen LogP contribution in [0.2, 0.25) is 0 Å². The molecule has 0 amide bonds. The molecule has 0 spiro atoms. The van der Waals surface area contributed by atoms with Gasteiger partial charge in [0.25, 0.3) is 0 Å². The van der Waals surface area contributed by atoms with E-state index >= 15 is 0 Å². The third-order valence-electron chi connectivity index (χ3n) is 3.51. The van der Waals surface area contributed by atoms with Crippen LogP contribution in [0.25, 0.3) is 0 Å². The van der Waals surface area contributed by atoms with E-state index in [0.717, 1.165) is 13.2 Å². The van der Waals surface area contributed by atoms with E-state index in [1.807, 2.05) is 0 Å². The summed E-state index contributed by atoms with van der Waals surface area (Å²) in [5.41, 5.74) is 4.57. The van der Waals surface area contributed by atoms with Crippen molar-refractivity contribution in [3.05, 3.63) is 34.9 Å². The zero-order valence-corrected chi connectivity index (χ0v) is 10.8. The molecule has 1 atom stereocenters. The number of benzene rings is 1. The number of hydrogen-bond donors (Lipinski definition) is 0. The van der Waals surface area contributed by atoms with Gasteiger partial charge in [-0.2, -0.15) is 0 Å². The van der Waals surface area contributed by atoms with Crippen molar-refractivity contribution < 1.29 is 4.74 Å². The Bertz CT molecular complexity index is 368. The second-order valence-corrected chi connectivity index (χ2v) is 5.88. The highest BCUT2D eigenvalue weighted by Crippen LogP contribution is 2.31. The Labute approximate surface area is 98.8 Å². The predicted molar refractivity (Wildman–Crippen MR) is 68.1 cm³/mol. The molecule has 1 unspecified atom stereocenters. The Hall–Kier alpha value is -0.820. The van der Waals surface area contributed by atoms with Crippen LogP contribution in [0.1, 0.15) is 49.8 Å². The fourth-order valence-corrected chi connectivity index (χ4v) is 2.33. The van der Waals surface area contributed by atoms with E-state index in [9.17, 15) is 0 Å². The molecule has 88 valence electrons. The van der Waals surface area contributed by atoms with Crippen LogP contribution in [0, 0.1) is 6.92 Å². The van der Waals surface area contributed by atoms with Crippen molar-refractivity contribution in [3.63, 3.8) is 0 Å². The summed E-state index contributed by atoms with van der Waals surface area (Å²) in [5.74, 6) is 0.613. The lowest BCUT2D eigenvalue weighted by molar-refractivity contribution is 0.194. The van der Waals surface area contributed by atoms with Gasteiger partial charge < -0.3 is 4.74 Å². The van der Waals surface area contributed by atoms with Gasteiger partial charge >= 0.3 is 0 Å². The van der Waals surface area contributed by atoms with Crippen LogP contribution in [-0.4, -0.2) is 13.2 Å². The molecule has 1 saturated heterocycles. The van der Waals surface area contributed by atoms with Gasteiger partial charge in [0, 0.05) is 12.5 Å². The van der Waals surface area contributed by atoms with Crippen LogP contribution in [0.3, 0.4) is 0 Å². The molecule has 1 aliphatic heterocycles. The first kappa shape index (κ1) is 11.7. The summed E-state index contributed by atoms with van der Waals surface area (Å²) >= 11 is 0. The lowest BCUT2D eigenvalue weighted by Gasteiger charge is -2.22. The highest BCUT2D eigenvalue weighted by molar-refractivity contribution is 5.37. The van der Waals surface area contributed by atoms with Crippen LogP contribution < -0.4 is 0 Å². The summed E-state index contributed by atoms with van der Waals surface area (Å²) in [6.45, 7) is 10.8. The molecule has 1 heteroatoms. The van der Waals surface area contributed by atoms with Gasteiger partial charge in [0.15, 0.2) is 0 Å². The quantitative estimate of drug-likeness (QED) is 0.696. The smallest absolute Gasteiger partial charge is 0.0535 e. The topological polar surface area (TPSA) is 9.23 Å². The van der Waals surface area contributed by atoms with Crippen molar-refractivity contribution in [2.24, 2.45) is 0 Å². The lowest BCUT2D eigenvalue weighted by atomic mass is 9.83. The number of rotatable bonds is 1. The SMILES string of the molecule is Cc1ccc(C(C)(C)C)cc1C1CCOC1. The average Bonchev–Trinajstić information content (AvgIpc) is 2.69. The van der Waals surface area contributed by atoms with Gasteiger partial charge in [-0.1, -0.05) is 39.0 Å². The van der Waals surface area contributed by atoms with Gasteiger partial charge in [-0.3, -0.25) is 0 Å². The summed E-state index contributed by atoms with van der Waals surface area (Å²) in [6.07, 6.45) is 1.18. The average molecular weight is 218 g/mol. The van der Waals surface area contributed by atoms with Crippen LogP contribution in [0.5, 0.6) is 0 Å². The zero-order chi connectivity index (χ0) is 11.8. The van der Waals surface area contributed by atoms with E-state index in [-0.39, 0.29) is 5.41 Å². The van der Waals surface area contributed by atoms with E-state index in [0.29, 0.717) is 5.92 Å². The maximum Gasteiger partial charge on any atom is 0.0535 e. The van der Waals surface area contributed by atoms with E-state index < -0.39 is 0 Å². The second-order valence-electron chi connectivity index (χ2n) is 5.88. The van der Waals surface area contributed by atoms with Crippen molar-refractivity contribution >= 4 is 0 Å². The standard InChI is InChI=1S/C15H22O/c1-11-5-6-13(15(2,3)4)9-14(11)12-7-8-16-10-12/h5-6,9,12H,7-8,10H2,1-4H3. The molecule has 0 N–H and O–H groups in total. The fraction of sp³-hybridized carbons (Fsp3) is 0.600. The third kappa shape index (κ3) is 2.30. The summed E-state index contributed by atoms with van der Waals surface area (Å²) < 4.78 is 5.49. The molecule has 1 heterocycles. The maximum atomic E-state index is 5.49. The van der Waals surface area contributed by atoms with E-state index in [1.165, 1.54) is 23.1 Å². The normalized spacial score (nSPS) is 21.4. The summed E-state index contributed by atoms with van der Waals surface area (Å²) in [6, 6.07) is 6.90. The maximum absolute atomic E-state index is 5.49. The summed E-state index contributed by atoms with van der Waals surface area (Å²) in [5, 5.41) is 0. The van der Waals surface area contributed by atoms with Crippen LogP contribution in [-0.2, 0) is 10.2 Å². The molecule has 1 aromatic carbocycles. The van der Waals surface area contributed by atoms with Gasteiger partial charge in [-0.25, -0.2) is 0 Å². The van der Waals surface area contributed by atoms with Gasteiger partial charge in [0.1, 0.15) is 0 Å². The molecule has 0 aromatic heterocycles. The molecule has 1 fully saturated rings. The highest BCUT2D eigenvalue weighted by Gasteiger charge is 2.22. The van der Waals surface area contributed by atoms with Crippen molar-refractivity contribution in [2.45, 2.75) is 45.4 Å². The van der Waals surface area contributed by atoms with E-state index in [1.54, 1.807) is 0 Å². The largest absolute Gasteiger partial charge is 0.381 e. The van der Waals surface area contributed by atoms with E-state index in [4.69, 9.17) is 4.74 Å². The first-order chi connectivity index (χ1) is 7.48. The van der Waals surface area contributed by atoms with Crippen LogP contribution in [0.15, 0.2) is 18.2 Å². The summed E-state index contributed by atoms with van der Waals surface area (Å²) in [7, 11) is 0. The van der Waals surface area contributed by atoms with Gasteiger partial charge in [0.05, 0.1) is 6.61 Å². The minimum absolute atomic E-state index is 0.238. The Kier molecular flexibility index (Phi) is 3.07. The van der Waals surface area contributed by atoms with Crippen molar-refractivity contribution in [1.29, 1.82) is 0 Å². The Balaban J connectivity index is 2.36. The molecule has 1 nitrogen and oxygen atoms in total. The minimum atomic E-state index is 0.238. The van der Waals surface area contributed by atoms with Crippen LogP contribution in [0.4, 0.5) is 0 Å². The molecular formula is C15H22O. The minimum Gasteiger partial charge on any atom is -0.381 e. The van der Waals surface area contributed by atoms with Crippen molar-refractivity contribution in [3.8, 4) is 0 Å². The van der Waals surface area contributed by atoms with Crippen molar-refractivity contribution in [1.82, 2.24) is 0 Å². The molecule has 16 heavy (non-hydrogen) atoms. The molecule has 0 bridgehead atoms. The van der Waals surface area contributed by atoms with Crippen molar-refractivity contribution in [2.75, 3.05) is 13.2 Å². The molecule has 0 aliphatic carbocycles. The second kappa shape index (κ2) is 4.21. The first-order valence-corrected chi connectivity index (χ1v) is 6.17. The van der Waals surface area contributed by atoms with Gasteiger partial charge in [-0.05, 0) is 35.4 Å². The molecule has 1 aliphatic rings. The van der Waals surface area contributed by atoms with Gasteiger partial charge in [-0.15, -0.1) is 0 Å². The van der Waals surface area contributed by atoms with Crippen LogP contribution >= 0.6 is 0 Å². The number of aryl methyl sites for hydroxylation is 1.